The predicted molar refractivity (Wildman–Crippen MR) is 63.5 cm³/mol. The molecule has 4 nitrogen and oxygen atoms in total. The third kappa shape index (κ3) is 3.12. The van der Waals surface area contributed by atoms with E-state index in [1.807, 2.05) is 12.1 Å². The average molecular weight is 243 g/mol. The maximum Gasteiger partial charge on any atom is 0.234 e. The van der Waals surface area contributed by atoms with Crippen LogP contribution in [0.5, 0.6) is 5.75 Å². The van der Waals surface area contributed by atoms with E-state index in [1.54, 1.807) is 20.1 Å². The number of hydrogen-bond donors (Lipinski definition) is 2. The number of ether oxygens (including phenoxy) is 1. The van der Waals surface area contributed by atoms with Crippen molar-refractivity contribution in [2.75, 3.05) is 7.11 Å². The third-order valence-corrected chi connectivity index (χ3v) is 2.66. The van der Waals surface area contributed by atoms with Crippen molar-refractivity contribution in [1.29, 1.82) is 0 Å². The van der Waals surface area contributed by atoms with Crippen LogP contribution >= 0.6 is 11.6 Å². The molecule has 0 saturated carbocycles. The number of carbonyl (C=O) groups excluding carboxylic acids is 1. The molecule has 0 aliphatic heterocycles. The van der Waals surface area contributed by atoms with Gasteiger partial charge in [0, 0.05) is 17.1 Å². The lowest BCUT2D eigenvalue weighted by atomic mass is 10.2. The molecular weight excluding hydrogens is 228 g/mol. The van der Waals surface area contributed by atoms with Crippen LogP contribution in [0, 0.1) is 0 Å². The number of methoxy groups -OCH3 is 1. The van der Waals surface area contributed by atoms with E-state index in [9.17, 15) is 4.79 Å². The van der Waals surface area contributed by atoms with Crippen molar-refractivity contribution in [2.45, 2.75) is 19.5 Å². The van der Waals surface area contributed by atoms with Crippen LogP contribution in [-0.2, 0) is 11.3 Å². The van der Waals surface area contributed by atoms with Gasteiger partial charge in [-0.3, -0.25) is 4.79 Å². The van der Waals surface area contributed by atoms with Gasteiger partial charge in [0.05, 0.1) is 13.2 Å². The lowest BCUT2D eigenvalue weighted by Gasteiger charge is -2.13. The van der Waals surface area contributed by atoms with E-state index in [0.717, 1.165) is 5.56 Å². The van der Waals surface area contributed by atoms with Gasteiger partial charge in [-0.05, 0) is 19.1 Å². The summed E-state index contributed by atoms with van der Waals surface area (Å²) in [6.07, 6.45) is 0. The quantitative estimate of drug-likeness (QED) is 0.818. The first kappa shape index (κ1) is 12.8. The van der Waals surface area contributed by atoms with E-state index in [0.29, 0.717) is 17.3 Å². The highest BCUT2D eigenvalue weighted by atomic mass is 35.5. The van der Waals surface area contributed by atoms with Crippen molar-refractivity contribution in [2.24, 2.45) is 5.73 Å². The molecule has 88 valence electrons. The topological polar surface area (TPSA) is 64.3 Å². The summed E-state index contributed by atoms with van der Waals surface area (Å²) in [5.41, 5.74) is 5.96. The van der Waals surface area contributed by atoms with Gasteiger partial charge in [-0.15, -0.1) is 0 Å². The first-order valence-electron chi connectivity index (χ1n) is 4.90. The molecule has 0 aliphatic rings. The van der Waals surface area contributed by atoms with Crippen LogP contribution in [0.15, 0.2) is 18.2 Å². The van der Waals surface area contributed by atoms with Crippen molar-refractivity contribution in [3.63, 3.8) is 0 Å². The van der Waals surface area contributed by atoms with Crippen LogP contribution in [0.2, 0.25) is 5.02 Å². The number of nitrogens with one attached hydrogen (secondary N) is 1. The smallest absolute Gasteiger partial charge is 0.234 e. The number of nitrogens with two attached hydrogens (primary N) is 1. The number of carbonyl (C=O) groups is 1. The Hall–Kier alpha value is -1.26. The van der Waals surface area contributed by atoms with Crippen LogP contribution in [0.3, 0.4) is 0 Å². The third-order valence-electron chi connectivity index (χ3n) is 2.31. The highest BCUT2D eigenvalue weighted by Crippen LogP contribution is 2.25. The van der Waals surface area contributed by atoms with Gasteiger partial charge >= 0.3 is 0 Å². The molecule has 0 fully saturated rings. The molecule has 1 atom stereocenters. The fourth-order valence-corrected chi connectivity index (χ4v) is 1.49. The number of hydrogen-bond acceptors (Lipinski definition) is 3. The summed E-state index contributed by atoms with van der Waals surface area (Å²) in [5, 5.41) is 3.58. The minimum Gasteiger partial charge on any atom is -0.496 e. The van der Waals surface area contributed by atoms with Crippen LogP contribution in [-0.4, -0.2) is 19.1 Å². The van der Waals surface area contributed by atoms with Crippen molar-refractivity contribution in [3.8, 4) is 5.75 Å². The Morgan fingerprint density at radius 1 is 1.62 bits per heavy atom. The molecule has 0 heterocycles. The Kier molecular flexibility index (Phi) is 4.58. The lowest BCUT2D eigenvalue weighted by Crippen LogP contribution is -2.38. The van der Waals surface area contributed by atoms with Crippen molar-refractivity contribution < 1.29 is 9.53 Å². The second-order valence-electron chi connectivity index (χ2n) is 3.43. The molecule has 0 radical (unpaired) electrons. The summed E-state index contributed by atoms with van der Waals surface area (Å²) in [5.74, 6) is 0.294. The SMILES string of the molecule is COc1cccc(Cl)c1CNC(C)C(N)=O. The Morgan fingerprint density at radius 3 is 2.88 bits per heavy atom. The monoisotopic (exact) mass is 242 g/mol. The van der Waals surface area contributed by atoms with Crippen LogP contribution < -0.4 is 15.8 Å². The first-order chi connectivity index (χ1) is 7.56. The maximum absolute atomic E-state index is 10.9. The van der Waals surface area contributed by atoms with Gasteiger partial charge in [0.2, 0.25) is 5.91 Å². The van der Waals surface area contributed by atoms with Crippen LogP contribution in [0.4, 0.5) is 0 Å². The van der Waals surface area contributed by atoms with Crippen LogP contribution in [0.25, 0.3) is 0 Å². The Morgan fingerprint density at radius 2 is 2.31 bits per heavy atom. The highest BCUT2D eigenvalue weighted by Gasteiger charge is 2.11. The summed E-state index contributed by atoms with van der Waals surface area (Å²) in [6.45, 7) is 2.14. The summed E-state index contributed by atoms with van der Waals surface area (Å²) in [7, 11) is 1.58. The molecule has 1 rings (SSSR count). The molecule has 5 heteroatoms. The average Bonchev–Trinajstić information content (AvgIpc) is 2.26. The number of halogens is 1. The summed E-state index contributed by atoms with van der Waals surface area (Å²) in [6, 6.07) is 5.00. The highest BCUT2D eigenvalue weighted by molar-refractivity contribution is 6.31. The zero-order chi connectivity index (χ0) is 12.1. The van der Waals surface area contributed by atoms with Gasteiger partial charge in [-0.25, -0.2) is 0 Å². The number of rotatable bonds is 5. The molecule has 0 bridgehead atoms. The Balaban J connectivity index is 2.76. The van der Waals surface area contributed by atoms with E-state index < -0.39 is 11.9 Å². The molecule has 16 heavy (non-hydrogen) atoms. The van der Waals surface area contributed by atoms with Gasteiger partial charge in [0.25, 0.3) is 0 Å². The largest absolute Gasteiger partial charge is 0.496 e. The Labute approximate surface area is 99.7 Å². The molecule has 1 unspecified atom stereocenters. The maximum atomic E-state index is 10.9. The molecule has 1 aromatic rings. The van der Waals surface area contributed by atoms with Gasteiger partial charge in [-0.1, -0.05) is 17.7 Å². The summed E-state index contributed by atoms with van der Waals surface area (Å²) >= 11 is 6.04. The van der Waals surface area contributed by atoms with E-state index in [-0.39, 0.29) is 0 Å². The van der Waals surface area contributed by atoms with E-state index >= 15 is 0 Å². The second-order valence-corrected chi connectivity index (χ2v) is 3.83. The first-order valence-corrected chi connectivity index (χ1v) is 5.28. The fraction of sp³-hybridized carbons (Fsp3) is 0.364. The van der Waals surface area contributed by atoms with Gasteiger partial charge < -0.3 is 15.8 Å². The van der Waals surface area contributed by atoms with E-state index in [2.05, 4.69) is 5.32 Å². The van der Waals surface area contributed by atoms with Crippen molar-refractivity contribution in [3.05, 3.63) is 28.8 Å². The van der Waals surface area contributed by atoms with E-state index in [4.69, 9.17) is 22.1 Å². The molecule has 0 saturated heterocycles. The normalized spacial score (nSPS) is 12.2. The van der Waals surface area contributed by atoms with Crippen molar-refractivity contribution in [1.82, 2.24) is 5.32 Å². The number of benzene rings is 1. The molecule has 1 amide bonds. The summed E-state index contributed by atoms with van der Waals surface area (Å²) < 4.78 is 5.18. The fourth-order valence-electron chi connectivity index (χ4n) is 1.26. The van der Waals surface area contributed by atoms with Gasteiger partial charge in [-0.2, -0.15) is 0 Å². The predicted octanol–water partition coefficient (Wildman–Crippen LogP) is 1.31. The zero-order valence-corrected chi connectivity index (χ0v) is 10.0. The van der Waals surface area contributed by atoms with Gasteiger partial charge in [0.1, 0.15) is 5.75 Å². The Bertz CT molecular complexity index is 382. The lowest BCUT2D eigenvalue weighted by molar-refractivity contribution is -0.119. The molecule has 0 spiro atoms. The van der Waals surface area contributed by atoms with Crippen molar-refractivity contribution >= 4 is 17.5 Å². The minimum absolute atomic E-state index is 0.397. The molecule has 0 aromatic heterocycles. The number of primary amides is 1. The second kappa shape index (κ2) is 5.72. The van der Waals surface area contributed by atoms with E-state index in [1.165, 1.54) is 0 Å². The standard InChI is InChI=1S/C11H15ClN2O2/c1-7(11(13)15)14-6-8-9(12)4-3-5-10(8)16-2/h3-5,7,14H,6H2,1-2H3,(H2,13,15). The molecule has 0 aliphatic carbocycles. The minimum atomic E-state index is -0.402. The molecule has 1 aromatic carbocycles. The molecular formula is C11H15ClN2O2. The summed E-state index contributed by atoms with van der Waals surface area (Å²) in [4.78, 5) is 10.9. The number of amides is 1. The van der Waals surface area contributed by atoms with Crippen LogP contribution in [0.1, 0.15) is 12.5 Å². The zero-order valence-electron chi connectivity index (χ0n) is 9.29. The van der Waals surface area contributed by atoms with Gasteiger partial charge in [0.15, 0.2) is 0 Å². The molecule has 3 N–H and O–H groups in total.